The monoisotopic (exact) mass is 350 g/mol. The van der Waals surface area contributed by atoms with Gasteiger partial charge in [0.2, 0.25) is 0 Å². The van der Waals surface area contributed by atoms with E-state index in [0.717, 1.165) is 6.07 Å². The van der Waals surface area contributed by atoms with Gasteiger partial charge in [0.25, 0.3) is 0 Å². The number of hydrogen-bond acceptors (Lipinski definition) is 1. The molecule has 0 spiro atoms. The summed E-state index contributed by atoms with van der Waals surface area (Å²) in [5, 5.41) is 10.7. The van der Waals surface area contributed by atoms with Crippen LogP contribution < -0.4 is 0 Å². The molecule has 0 saturated carbocycles. The molecular formula is C15H11Cl3F2O. The van der Waals surface area contributed by atoms with Gasteiger partial charge in [-0.3, -0.25) is 0 Å². The zero-order chi connectivity index (χ0) is 15.8. The molecule has 2 rings (SSSR count). The SMILES string of the molecule is CC(O)(Cc1c(F)cccc1Cl)c1cc(F)c(Cl)cc1Cl. The van der Waals surface area contributed by atoms with Crippen molar-refractivity contribution < 1.29 is 13.9 Å². The largest absolute Gasteiger partial charge is 0.385 e. The van der Waals surface area contributed by atoms with Crippen LogP contribution in [0.25, 0.3) is 0 Å². The van der Waals surface area contributed by atoms with Gasteiger partial charge in [0.05, 0.1) is 10.6 Å². The number of aliphatic hydroxyl groups is 1. The molecule has 0 bridgehead atoms. The van der Waals surface area contributed by atoms with Crippen molar-refractivity contribution in [3.8, 4) is 0 Å². The van der Waals surface area contributed by atoms with E-state index in [1.54, 1.807) is 0 Å². The molecule has 1 nitrogen and oxygen atoms in total. The van der Waals surface area contributed by atoms with Crippen LogP contribution >= 0.6 is 34.8 Å². The molecule has 112 valence electrons. The van der Waals surface area contributed by atoms with E-state index < -0.39 is 17.2 Å². The third-order valence-corrected chi connectivity index (χ3v) is 4.13. The minimum atomic E-state index is -1.60. The second kappa shape index (κ2) is 6.09. The van der Waals surface area contributed by atoms with E-state index in [1.165, 1.54) is 31.2 Å². The average molecular weight is 352 g/mol. The van der Waals surface area contributed by atoms with E-state index >= 15 is 0 Å². The highest BCUT2D eigenvalue weighted by Gasteiger charge is 2.29. The molecule has 0 aliphatic rings. The van der Waals surface area contributed by atoms with Crippen LogP contribution in [-0.4, -0.2) is 5.11 Å². The molecule has 1 unspecified atom stereocenters. The molecule has 1 N–H and O–H groups in total. The Hall–Kier alpha value is -0.870. The molecule has 6 heteroatoms. The summed E-state index contributed by atoms with van der Waals surface area (Å²) >= 11 is 17.6. The van der Waals surface area contributed by atoms with Crippen molar-refractivity contribution in [1.82, 2.24) is 0 Å². The van der Waals surface area contributed by atoms with Gasteiger partial charge in [-0.05, 0) is 31.2 Å². The van der Waals surface area contributed by atoms with Crippen LogP contribution in [0.15, 0.2) is 30.3 Å². The molecule has 2 aromatic rings. The van der Waals surface area contributed by atoms with Gasteiger partial charge in [0.1, 0.15) is 11.6 Å². The van der Waals surface area contributed by atoms with Crippen LogP contribution in [0.4, 0.5) is 8.78 Å². The van der Waals surface area contributed by atoms with E-state index in [9.17, 15) is 13.9 Å². The van der Waals surface area contributed by atoms with Crippen molar-refractivity contribution in [1.29, 1.82) is 0 Å². The van der Waals surface area contributed by atoms with Gasteiger partial charge in [0, 0.05) is 27.6 Å². The summed E-state index contributed by atoms with van der Waals surface area (Å²) in [7, 11) is 0. The molecule has 0 radical (unpaired) electrons. The van der Waals surface area contributed by atoms with Crippen LogP contribution in [0.5, 0.6) is 0 Å². The fraction of sp³-hybridized carbons (Fsp3) is 0.200. The molecule has 1 atom stereocenters. The first kappa shape index (κ1) is 16.5. The lowest BCUT2D eigenvalue weighted by Crippen LogP contribution is -2.25. The molecular weight excluding hydrogens is 341 g/mol. The summed E-state index contributed by atoms with van der Waals surface area (Å²) in [6, 6.07) is 6.46. The lowest BCUT2D eigenvalue weighted by Gasteiger charge is -2.26. The van der Waals surface area contributed by atoms with Crippen LogP contribution in [0.1, 0.15) is 18.1 Å². The molecule has 0 amide bonds. The second-order valence-corrected chi connectivity index (χ2v) is 6.12. The van der Waals surface area contributed by atoms with E-state index in [0.29, 0.717) is 0 Å². The van der Waals surface area contributed by atoms with E-state index in [-0.39, 0.29) is 32.6 Å². The van der Waals surface area contributed by atoms with Crippen molar-refractivity contribution in [2.75, 3.05) is 0 Å². The summed E-state index contributed by atoms with van der Waals surface area (Å²) in [5.74, 6) is -1.26. The average Bonchev–Trinajstić information content (AvgIpc) is 2.38. The highest BCUT2D eigenvalue weighted by atomic mass is 35.5. The molecule has 0 aliphatic heterocycles. The Bertz CT molecular complexity index is 667. The Morgan fingerprint density at radius 2 is 1.67 bits per heavy atom. The number of benzene rings is 2. The number of hydrogen-bond donors (Lipinski definition) is 1. The Morgan fingerprint density at radius 3 is 2.29 bits per heavy atom. The van der Waals surface area contributed by atoms with Crippen molar-refractivity contribution in [3.05, 3.63) is 68.2 Å². The standard InChI is InChI=1S/C15H11Cl3F2O/c1-15(21,7-8-10(16)3-2-4-13(8)19)9-5-14(20)12(18)6-11(9)17/h2-6,21H,7H2,1H3. The van der Waals surface area contributed by atoms with Gasteiger partial charge in [0.15, 0.2) is 0 Å². The predicted octanol–water partition coefficient (Wildman–Crippen LogP) is 5.38. The number of halogens is 5. The summed E-state index contributed by atoms with van der Waals surface area (Å²) in [5.41, 5.74) is -1.35. The smallest absolute Gasteiger partial charge is 0.142 e. The lowest BCUT2D eigenvalue weighted by atomic mass is 9.88. The Balaban J connectivity index is 2.45. The lowest BCUT2D eigenvalue weighted by molar-refractivity contribution is 0.0565. The maximum absolute atomic E-state index is 13.8. The minimum Gasteiger partial charge on any atom is -0.385 e. The third-order valence-electron chi connectivity index (χ3n) is 3.17. The summed E-state index contributed by atoms with van der Waals surface area (Å²) in [6.45, 7) is 1.41. The third kappa shape index (κ3) is 3.49. The van der Waals surface area contributed by atoms with Crippen LogP contribution in [0.2, 0.25) is 15.1 Å². The van der Waals surface area contributed by atoms with E-state index in [2.05, 4.69) is 0 Å². The van der Waals surface area contributed by atoms with Crippen LogP contribution in [-0.2, 0) is 12.0 Å². The molecule has 21 heavy (non-hydrogen) atoms. The van der Waals surface area contributed by atoms with Gasteiger partial charge in [-0.2, -0.15) is 0 Å². The summed E-state index contributed by atoms with van der Waals surface area (Å²) in [6.07, 6.45) is -0.153. The summed E-state index contributed by atoms with van der Waals surface area (Å²) in [4.78, 5) is 0. The zero-order valence-electron chi connectivity index (χ0n) is 10.9. The maximum atomic E-state index is 13.8. The highest BCUT2D eigenvalue weighted by Crippen LogP contribution is 2.36. The van der Waals surface area contributed by atoms with Gasteiger partial charge >= 0.3 is 0 Å². The Labute approximate surface area is 136 Å². The molecule has 0 heterocycles. The van der Waals surface area contributed by atoms with Crippen molar-refractivity contribution in [3.63, 3.8) is 0 Å². The van der Waals surface area contributed by atoms with Crippen molar-refractivity contribution in [2.45, 2.75) is 18.9 Å². The second-order valence-electron chi connectivity index (χ2n) is 4.90. The fourth-order valence-corrected chi connectivity index (χ4v) is 2.89. The molecule has 0 fully saturated rings. The molecule has 2 aromatic carbocycles. The van der Waals surface area contributed by atoms with Crippen molar-refractivity contribution in [2.24, 2.45) is 0 Å². The molecule has 0 aliphatic carbocycles. The Kier molecular flexibility index (Phi) is 4.79. The van der Waals surface area contributed by atoms with Gasteiger partial charge in [-0.1, -0.05) is 40.9 Å². The summed E-state index contributed by atoms with van der Waals surface area (Å²) < 4.78 is 27.4. The highest BCUT2D eigenvalue weighted by molar-refractivity contribution is 6.35. The quantitative estimate of drug-likeness (QED) is 0.737. The van der Waals surface area contributed by atoms with Gasteiger partial charge in [-0.25, -0.2) is 8.78 Å². The fourth-order valence-electron chi connectivity index (χ4n) is 2.08. The van der Waals surface area contributed by atoms with E-state index in [1.807, 2.05) is 0 Å². The normalized spacial score (nSPS) is 14.0. The first-order chi connectivity index (χ1) is 9.72. The number of rotatable bonds is 3. The Morgan fingerprint density at radius 1 is 1.00 bits per heavy atom. The van der Waals surface area contributed by atoms with Crippen LogP contribution in [0, 0.1) is 11.6 Å². The first-order valence-electron chi connectivity index (χ1n) is 6.02. The minimum absolute atomic E-state index is 0.0962. The maximum Gasteiger partial charge on any atom is 0.142 e. The molecule has 0 aromatic heterocycles. The van der Waals surface area contributed by atoms with Gasteiger partial charge < -0.3 is 5.11 Å². The molecule has 0 saturated heterocycles. The topological polar surface area (TPSA) is 20.2 Å². The first-order valence-corrected chi connectivity index (χ1v) is 7.16. The van der Waals surface area contributed by atoms with Crippen LogP contribution in [0.3, 0.4) is 0 Å². The van der Waals surface area contributed by atoms with Crippen molar-refractivity contribution >= 4 is 34.8 Å². The predicted molar refractivity (Wildman–Crippen MR) is 81.1 cm³/mol. The zero-order valence-corrected chi connectivity index (χ0v) is 13.2. The van der Waals surface area contributed by atoms with E-state index in [4.69, 9.17) is 34.8 Å². The van der Waals surface area contributed by atoms with Gasteiger partial charge in [-0.15, -0.1) is 0 Å².